The van der Waals surface area contributed by atoms with E-state index in [1.807, 2.05) is 0 Å². The Balaban J connectivity index is 2.65. The van der Waals surface area contributed by atoms with Crippen LogP contribution < -0.4 is 0 Å². The normalized spacial score (nSPS) is 10.5. The molecule has 76 valence electrons. The minimum absolute atomic E-state index is 0.0608. The number of aromatic nitrogens is 1. The molecule has 0 fully saturated rings. The van der Waals surface area contributed by atoms with E-state index >= 15 is 0 Å². The van der Waals surface area contributed by atoms with Gasteiger partial charge in [-0.05, 0) is 12.1 Å². The van der Waals surface area contributed by atoms with E-state index in [2.05, 4.69) is 4.98 Å². The SMILES string of the molecule is O=Cc1cccc2nc(C(=O)CCl)oc12. The minimum Gasteiger partial charge on any atom is -0.433 e. The van der Waals surface area contributed by atoms with Crippen LogP contribution in [0.25, 0.3) is 11.1 Å². The van der Waals surface area contributed by atoms with E-state index < -0.39 is 5.78 Å². The van der Waals surface area contributed by atoms with Crippen molar-refractivity contribution in [2.24, 2.45) is 0 Å². The molecule has 0 atom stereocenters. The first-order valence-electron chi connectivity index (χ1n) is 4.20. The molecule has 0 N–H and O–H groups in total. The van der Waals surface area contributed by atoms with Crippen LogP contribution in [0.2, 0.25) is 0 Å². The summed E-state index contributed by atoms with van der Waals surface area (Å²) in [6.07, 6.45) is 0.655. The maximum Gasteiger partial charge on any atom is 0.265 e. The summed E-state index contributed by atoms with van der Waals surface area (Å²) in [4.78, 5) is 25.8. The number of halogens is 1. The maximum absolute atomic E-state index is 11.2. The molecule has 0 aliphatic rings. The number of para-hydroxylation sites is 1. The molecule has 0 saturated heterocycles. The zero-order chi connectivity index (χ0) is 10.8. The molecule has 0 amide bonds. The molecule has 0 spiro atoms. The summed E-state index contributed by atoms with van der Waals surface area (Å²) in [7, 11) is 0. The van der Waals surface area contributed by atoms with Gasteiger partial charge in [-0.3, -0.25) is 9.59 Å². The molecule has 4 nitrogen and oxygen atoms in total. The van der Waals surface area contributed by atoms with Gasteiger partial charge in [0.25, 0.3) is 5.89 Å². The Hall–Kier alpha value is -1.68. The average molecular weight is 224 g/mol. The van der Waals surface area contributed by atoms with E-state index in [4.69, 9.17) is 16.0 Å². The van der Waals surface area contributed by atoms with Gasteiger partial charge in [-0.15, -0.1) is 11.6 Å². The van der Waals surface area contributed by atoms with Crippen LogP contribution in [0.3, 0.4) is 0 Å². The predicted octanol–water partition coefficient (Wildman–Crippen LogP) is 2.06. The highest BCUT2D eigenvalue weighted by atomic mass is 35.5. The summed E-state index contributed by atoms with van der Waals surface area (Å²) >= 11 is 5.37. The first-order valence-corrected chi connectivity index (χ1v) is 4.73. The van der Waals surface area contributed by atoms with Crippen LogP contribution in [0.5, 0.6) is 0 Å². The van der Waals surface area contributed by atoms with E-state index in [0.717, 1.165) is 0 Å². The molecular weight excluding hydrogens is 218 g/mol. The average Bonchev–Trinajstić information content (AvgIpc) is 2.71. The smallest absolute Gasteiger partial charge is 0.265 e. The quantitative estimate of drug-likeness (QED) is 0.454. The first kappa shape index (κ1) is 9.86. The van der Waals surface area contributed by atoms with Crippen molar-refractivity contribution in [2.75, 3.05) is 5.88 Å². The summed E-state index contributed by atoms with van der Waals surface area (Å²) in [5.74, 6) is -0.650. The number of aldehydes is 1. The van der Waals surface area contributed by atoms with Crippen molar-refractivity contribution in [2.45, 2.75) is 0 Å². The van der Waals surface area contributed by atoms with Crippen LogP contribution in [-0.2, 0) is 0 Å². The van der Waals surface area contributed by atoms with Crippen molar-refractivity contribution in [3.8, 4) is 0 Å². The van der Waals surface area contributed by atoms with Crippen molar-refractivity contribution in [3.63, 3.8) is 0 Å². The van der Waals surface area contributed by atoms with Crippen LogP contribution in [0.15, 0.2) is 22.6 Å². The molecule has 1 heterocycles. The van der Waals surface area contributed by atoms with Crippen molar-refractivity contribution < 1.29 is 14.0 Å². The summed E-state index contributed by atoms with van der Waals surface area (Å²) in [5.41, 5.74) is 1.17. The molecule has 0 radical (unpaired) electrons. The third kappa shape index (κ3) is 1.64. The van der Waals surface area contributed by atoms with E-state index in [1.165, 1.54) is 0 Å². The fourth-order valence-corrected chi connectivity index (χ4v) is 1.35. The summed E-state index contributed by atoms with van der Waals surface area (Å²) in [6.45, 7) is 0. The van der Waals surface area contributed by atoms with Gasteiger partial charge in [-0.25, -0.2) is 4.98 Å². The highest BCUT2D eigenvalue weighted by Crippen LogP contribution is 2.19. The fourth-order valence-electron chi connectivity index (χ4n) is 1.24. The second-order valence-corrected chi connectivity index (χ2v) is 3.16. The zero-order valence-corrected chi connectivity index (χ0v) is 8.32. The molecule has 1 aromatic heterocycles. The molecule has 15 heavy (non-hydrogen) atoms. The lowest BCUT2D eigenvalue weighted by Gasteiger charge is -1.89. The summed E-state index contributed by atoms with van der Waals surface area (Å²) in [5, 5.41) is 0. The molecule has 0 bridgehead atoms. The van der Waals surface area contributed by atoms with Gasteiger partial charge in [-0.2, -0.15) is 0 Å². The van der Waals surface area contributed by atoms with Crippen LogP contribution in [0.1, 0.15) is 21.0 Å². The fraction of sp³-hybridized carbons (Fsp3) is 0.100. The summed E-state index contributed by atoms with van der Waals surface area (Å²) < 4.78 is 5.17. The van der Waals surface area contributed by atoms with Gasteiger partial charge in [0.2, 0.25) is 5.78 Å². The molecule has 1 aromatic carbocycles. The second kappa shape index (κ2) is 3.82. The number of carbonyl (C=O) groups is 2. The lowest BCUT2D eigenvalue weighted by Crippen LogP contribution is -1.99. The van der Waals surface area contributed by atoms with Crippen LogP contribution in [0.4, 0.5) is 0 Å². The standard InChI is InChI=1S/C10H6ClNO3/c11-4-8(14)10-12-7-3-1-2-6(5-13)9(7)15-10/h1-3,5H,4H2. The van der Waals surface area contributed by atoms with Gasteiger partial charge in [-0.1, -0.05) is 6.07 Å². The van der Waals surface area contributed by atoms with Crippen LogP contribution in [0, 0.1) is 0 Å². The Morgan fingerprint density at radius 2 is 2.33 bits per heavy atom. The van der Waals surface area contributed by atoms with Crippen molar-refractivity contribution in [1.29, 1.82) is 0 Å². The number of carbonyl (C=O) groups excluding carboxylic acids is 2. The van der Waals surface area contributed by atoms with Crippen molar-refractivity contribution in [1.82, 2.24) is 4.98 Å². The van der Waals surface area contributed by atoms with Gasteiger partial charge in [0.1, 0.15) is 5.52 Å². The predicted molar refractivity (Wildman–Crippen MR) is 54.4 cm³/mol. The Bertz CT molecular complexity index is 532. The molecule has 2 rings (SSSR count). The lowest BCUT2D eigenvalue weighted by molar-refractivity contribution is 0.0985. The number of fused-ring (bicyclic) bond motifs is 1. The van der Waals surface area contributed by atoms with Crippen molar-refractivity contribution in [3.05, 3.63) is 29.7 Å². The maximum atomic E-state index is 11.2. The monoisotopic (exact) mass is 223 g/mol. The number of oxazole rings is 1. The number of ketones is 1. The topological polar surface area (TPSA) is 60.2 Å². The molecule has 0 saturated carbocycles. The highest BCUT2D eigenvalue weighted by molar-refractivity contribution is 6.29. The summed E-state index contributed by atoms with van der Waals surface area (Å²) in [6, 6.07) is 4.93. The number of rotatable bonds is 3. The van der Waals surface area contributed by atoms with Crippen LogP contribution >= 0.6 is 11.6 Å². The zero-order valence-electron chi connectivity index (χ0n) is 7.57. The number of hydrogen-bond donors (Lipinski definition) is 0. The van der Waals surface area contributed by atoms with Gasteiger partial charge < -0.3 is 4.42 Å². The van der Waals surface area contributed by atoms with Crippen LogP contribution in [-0.4, -0.2) is 22.9 Å². The third-order valence-corrected chi connectivity index (χ3v) is 2.18. The number of alkyl halides is 1. The second-order valence-electron chi connectivity index (χ2n) is 2.89. The van der Waals surface area contributed by atoms with Crippen molar-refractivity contribution >= 4 is 34.8 Å². The van der Waals surface area contributed by atoms with E-state index in [9.17, 15) is 9.59 Å². The number of Topliss-reactive ketones (excluding diaryl/α,β-unsaturated/α-hetero) is 1. The molecule has 5 heteroatoms. The Morgan fingerprint density at radius 3 is 3.00 bits per heavy atom. The minimum atomic E-state index is -0.398. The molecule has 0 aliphatic carbocycles. The van der Waals surface area contributed by atoms with E-state index in [1.54, 1.807) is 18.2 Å². The molecule has 2 aromatic rings. The third-order valence-electron chi connectivity index (χ3n) is 1.93. The Kier molecular flexibility index (Phi) is 2.51. The number of benzene rings is 1. The Labute approximate surface area is 89.8 Å². The van der Waals surface area contributed by atoms with E-state index in [0.29, 0.717) is 22.9 Å². The number of hydrogen-bond acceptors (Lipinski definition) is 4. The largest absolute Gasteiger partial charge is 0.433 e. The molecule has 0 aliphatic heterocycles. The van der Waals surface area contributed by atoms with E-state index in [-0.39, 0.29) is 11.8 Å². The molecular formula is C10H6ClNO3. The lowest BCUT2D eigenvalue weighted by atomic mass is 10.2. The highest BCUT2D eigenvalue weighted by Gasteiger charge is 2.14. The van der Waals surface area contributed by atoms with Gasteiger partial charge in [0.15, 0.2) is 11.9 Å². The Morgan fingerprint density at radius 1 is 1.53 bits per heavy atom. The van der Waals surface area contributed by atoms with Gasteiger partial charge in [0.05, 0.1) is 11.4 Å². The first-order chi connectivity index (χ1) is 7.26. The number of nitrogens with zero attached hydrogens (tertiary/aromatic N) is 1. The van der Waals surface area contributed by atoms with Gasteiger partial charge in [0, 0.05) is 0 Å². The molecule has 0 unspecified atom stereocenters. The van der Waals surface area contributed by atoms with Gasteiger partial charge >= 0.3 is 0 Å².